The van der Waals surface area contributed by atoms with E-state index in [0.29, 0.717) is 0 Å². The van der Waals surface area contributed by atoms with E-state index in [0.717, 1.165) is 0 Å². The lowest BCUT2D eigenvalue weighted by molar-refractivity contribution is 1.82. The standard InChI is InChI=1S/C34H16S/c1-2-4-21-17(3-1)11-15-25-31(21)34-26(35-25)16-14-22-23-12-9-19-7-5-18-6-8-20-10-13-24(30(22)34)33-29(20)27(18)28(19)32(23)33/h1-16H. The minimum atomic E-state index is 1.31. The number of hydrogen-bond acceptors (Lipinski definition) is 1. The molecule has 0 fully saturated rings. The molecule has 10 rings (SSSR count). The zero-order valence-corrected chi connectivity index (χ0v) is 19.5. The van der Waals surface area contributed by atoms with Crippen molar-refractivity contribution in [1.29, 1.82) is 0 Å². The Balaban J connectivity index is 1.63. The highest BCUT2D eigenvalue weighted by atomic mass is 32.1. The van der Waals surface area contributed by atoms with E-state index in [2.05, 4.69) is 97.1 Å². The molecule has 0 aliphatic carbocycles. The lowest BCUT2D eigenvalue weighted by atomic mass is 9.90. The Labute approximate surface area is 203 Å². The molecule has 0 amide bonds. The third-order valence-electron chi connectivity index (χ3n) is 8.49. The van der Waals surface area contributed by atoms with Crippen molar-refractivity contribution in [3.05, 3.63) is 97.1 Å². The average Bonchev–Trinajstić information content (AvgIpc) is 3.48. The minimum Gasteiger partial charge on any atom is -0.135 e. The van der Waals surface area contributed by atoms with Crippen LogP contribution in [0.5, 0.6) is 0 Å². The molecule has 0 aliphatic heterocycles. The van der Waals surface area contributed by atoms with Gasteiger partial charge >= 0.3 is 0 Å². The molecule has 0 unspecified atom stereocenters. The molecule has 0 saturated heterocycles. The van der Waals surface area contributed by atoms with E-state index in [4.69, 9.17) is 0 Å². The molecule has 0 spiro atoms. The minimum absolute atomic E-state index is 1.31. The molecule has 35 heavy (non-hydrogen) atoms. The maximum atomic E-state index is 2.39. The van der Waals surface area contributed by atoms with Crippen molar-refractivity contribution in [3.63, 3.8) is 0 Å². The Morgan fingerprint density at radius 3 is 1.60 bits per heavy atom. The van der Waals surface area contributed by atoms with Crippen LogP contribution in [0.4, 0.5) is 0 Å². The molecule has 10 aromatic rings. The largest absolute Gasteiger partial charge is 0.135 e. The first-order valence-corrected chi connectivity index (χ1v) is 13.0. The molecule has 0 aliphatic rings. The summed E-state index contributed by atoms with van der Waals surface area (Å²) in [7, 11) is 0. The Morgan fingerprint density at radius 2 is 0.800 bits per heavy atom. The quantitative estimate of drug-likeness (QED) is 0.199. The predicted octanol–water partition coefficient (Wildman–Crippen LogP) is 10.4. The van der Waals surface area contributed by atoms with E-state index in [9.17, 15) is 0 Å². The van der Waals surface area contributed by atoms with Gasteiger partial charge in [-0.3, -0.25) is 0 Å². The molecule has 0 N–H and O–H groups in total. The van der Waals surface area contributed by atoms with Crippen LogP contribution in [0.1, 0.15) is 0 Å². The molecular weight excluding hydrogens is 440 g/mol. The summed E-state index contributed by atoms with van der Waals surface area (Å²) >= 11 is 1.92. The van der Waals surface area contributed by atoms with Crippen LogP contribution < -0.4 is 0 Å². The first kappa shape index (κ1) is 17.3. The lowest BCUT2D eigenvalue weighted by Gasteiger charge is -2.12. The summed E-state index contributed by atoms with van der Waals surface area (Å²) in [6.45, 7) is 0. The highest BCUT2D eigenvalue weighted by Crippen LogP contribution is 2.53. The van der Waals surface area contributed by atoms with Crippen LogP contribution in [-0.2, 0) is 0 Å². The van der Waals surface area contributed by atoms with Gasteiger partial charge in [0.1, 0.15) is 0 Å². The molecule has 0 atom stereocenters. The van der Waals surface area contributed by atoms with E-state index >= 15 is 0 Å². The summed E-state index contributed by atoms with van der Waals surface area (Å²) in [4.78, 5) is 0. The number of rotatable bonds is 0. The Bertz CT molecular complexity index is 2470. The average molecular weight is 457 g/mol. The van der Waals surface area contributed by atoms with Gasteiger partial charge < -0.3 is 0 Å². The number of fused-ring (bicyclic) bond motifs is 9. The summed E-state index contributed by atoms with van der Waals surface area (Å²) in [6, 6.07) is 36.8. The van der Waals surface area contributed by atoms with Crippen LogP contribution in [0.25, 0.3) is 95.6 Å². The van der Waals surface area contributed by atoms with E-state index in [1.807, 2.05) is 11.3 Å². The van der Waals surface area contributed by atoms with Gasteiger partial charge in [-0.25, -0.2) is 0 Å². The van der Waals surface area contributed by atoms with Gasteiger partial charge in [0.05, 0.1) is 0 Å². The molecule has 0 nitrogen and oxygen atoms in total. The van der Waals surface area contributed by atoms with Gasteiger partial charge in [-0.1, -0.05) is 84.9 Å². The second kappa shape index (κ2) is 5.54. The molecular formula is C34H16S. The second-order valence-electron chi connectivity index (χ2n) is 10.0. The van der Waals surface area contributed by atoms with E-state index in [1.165, 1.54) is 95.6 Å². The summed E-state index contributed by atoms with van der Waals surface area (Å²) in [5.41, 5.74) is 0. The number of hydrogen-bond donors (Lipinski definition) is 0. The highest BCUT2D eigenvalue weighted by Gasteiger charge is 2.23. The Kier molecular flexibility index (Phi) is 2.73. The normalized spacial score (nSPS) is 13.1. The summed E-state index contributed by atoms with van der Waals surface area (Å²) < 4.78 is 2.75. The van der Waals surface area contributed by atoms with Crippen molar-refractivity contribution in [2.75, 3.05) is 0 Å². The summed E-state index contributed by atoms with van der Waals surface area (Å²) in [5, 5.41) is 22.4. The molecule has 1 aromatic heterocycles. The van der Waals surface area contributed by atoms with Gasteiger partial charge in [-0.05, 0) is 87.5 Å². The number of thiophene rings is 1. The van der Waals surface area contributed by atoms with Gasteiger partial charge in [-0.15, -0.1) is 11.3 Å². The fourth-order valence-electron chi connectivity index (χ4n) is 7.14. The van der Waals surface area contributed by atoms with Gasteiger partial charge in [0.15, 0.2) is 0 Å². The van der Waals surface area contributed by atoms with Crippen LogP contribution in [0.3, 0.4) is 0 Å². The monoisotopic (exact) mass is 456 g/mol. The highest BCUT2D eigenvalue weighted by molar-refractivity contribution is 7.26. The topological polar surface area (TPSA) is 0 Å². The van der Waals surface area contributed by atoms with Crippen LogP contribution in [0.2, 0.25) is 0 Å². The SMILES string of the molecule is c1ccc2c(c1)ccc1sc3ccc4c5ccc6ccc7ccc8ccc(c4c3c12)c1c8c7c6c51. The zero-order valence-electron chi connectivity index (χ0n) is 18.6. The van der Waals surface area contributed by atoms with Gasteiger partial charge in [0.2, 0.25) is 0 Å². The second-order valence-corrected chi connectivity index (χ2v) is 11.1. The van der Waals surface area contributed by atoms with Crippen LogP contribution in [0, 0.1) is 0 Å². The molecule has 0 saturated carbocycles. The molecule has 158 valence electrons. The fourth-order valence-corrected chi connectivity index (χ4v) is 8.26. The predicted molar refractivity (Wildman–Crippen MR) is 155 cm³/mol. The summed E-state index contributed by atoms with van der Waals surface area (Å²) in [6.07, 6.45) is 0. The smallest absolute Gasteiger partial charge is 0.0362 e. The van der Waals surface area contributed by atoms with E-state index in [-0.39, 0.29) is 0 Å². The third kappa shape index (κ3) is 1.81. The Hall–Kier alpha value is -4.20. The zero-order chi connectivity index (χ0) is 22.4. The van der Waals surface area contributed by atoms with E-state index in [1.54, 1.807) is 0 Å². The maximum Gasteiger partial charge on any atom is 0.0362 e. The first-order valence-electron chi connectivity index (χ1n) is 12.2. The van der Waals surface area contributed by atoms with Gasteiger partial charge in [0, 0.05) is 20.2 Å². The molecule has 0 radical (unpaired) electrons. The summed E-state index contributed by atoms with van der Waals surface area (Å²) in [5.74, 6) is 0. The fraction of sp³-hybridized carbons (Fsp3) is 0. The number of benzene rings is 8. The maximum absolute atomic E-state index is 2.39. The van der Waals surface area contributed by atoms with Crippen molar-refractivity contribution in [2.24, 2.45) is 0 Å². The van der Waals surface area contributed by atoms with Gasteiger partial charge in [0.25, 0.3) is 0 Å². The molecule has 9 aromatic carbocycles. The van der Waals surface area contributed by atoms with Crippen LogP contribution in [0.15, 0.2) is 97.1 Å². The molecule has 0 bridgehead atoms. The Morgan fingerprint density at radius 1 is 0.286 bits per heavy atom. The molecule has 1 heterocycles. The van der Waals surface area contributed by atoms with Crippen molar-refractivity contribution >= 4 is 107 Å². The lowest BCUT2D eigenvalue weighted by Crippen LogP contribution is -1.84. The van der Waals surface area contributed by atoms with Crippen LogP contribution >= 0.6 is 11.3 Å². The van der Waals surface area contributed by atoms with Crippen molar-refractivity contribution in [1.82, 2.24) is 0 Å². The van der Waals surface area contributed by atoms with Crippen molar-refractivity contribution < 1.29 is 0 Å². The van der Waals surface area contributed by atoms with Gasteiger partial charge in [-0.2, -0.15) is 0 Å². The van der Waals surface area contributed by atoms with Crippen molar-refractivity contribution in [2.45, 2.75) is 0 Å². The van der Waals surface area contributed by atoms with Crippen molar-refractivity contribution in [3.8, 4) is 0 Å². The van der Waals surface area contributed by atoms with Crippen LogP contribution in [-0.4, -0.2) is 0 Å². The third-order valence-corrected chi connectivity index (χ3v) is 9.61. The van der Waals surface area contributed by atoms with E-state index < -0.39 is 0 Å². The first-order chi connectivity index (χ1) is 17.4. The molecule has 1 heteroatoms.